The van der Waals surface area contributed by atoms with Gasteiger partial charge in [0.1, 0.15) is 0 Å². The number of fused-ring (bicyclic) bond motifs is 1. The zero-order valence-electron chi connectivity index (χ0n) is 11.1. The van der Waals surface area contributed by atoms with Gasteiger partial charge < -0.3 is 0 Å². The number of aromatic nitrogens is 1. The number of benzene rings is 2. The Kier molecular flexibility index (Phi) is 3.67. The first-order valence-corrected chi connectivity index (χ1v) is 7.11. The molecular formula is C14H10N4O3S. The van der Waals surface area contributed by atoms with Crippen LogP contribution in [-0.4, -0.2) is 9.91 Å². The molecule has 0 amide bonds. The molecule has 0 aliphatic rings. The second-order valence-electron chi connectivity index (χ2n) is 4.37. The van der Waals surface area contributed by atoms with E-state index >= 15 is 0 Å². The summed E-state index contributed by atoms with van der Waals surface area (Å²) in [6, 6.07) is 13.1. The molecule has 0 fully saturated rings. The number of nitrogens with one attached hydrogen (secondary N) is 2. The molecule has 0 saturated carbocycles. The van der Waals surface area contributed by atoms with E-state index in [-0.39, 0.29) is 11.2 Å². The van der Waals surface area contributed by atoms with Crippen molar-refractivity contribution in [3.05, 3.63) is 69.0 Å². The van der Waals surface area contributed by atoms with Crippen LogP contribution in [0.3, 0.4) is 0 Å². The Labute approximate surface area is 128 Å². The number of hydrogen-bond donors (Lipinski definition) is 2. The van der Waals surface area contributed by atoms with Gasteiger partial charge in [0.05, 0.1) is 16.0 Å². The fraction of sp³-hybridized carbons (Fsp3) is 0. The molecule has 0 saturated heterocycles. The Balaban J connectivity index is 1.79. The van der Waals surface area contributed by atoms with Gasteiger partial charge in [-0.05, 0) is 24.3 Å². The maximum Gasteiger partial charge on any atom is 0.281 e. The predicted molar refractivity (Wildman–Crippen MR) is 86.2 cm³/mol. The summed E-state index contributed by atoms with van der Waals surface area (Å²) in [5, 5.41) is 11.6. The van der Waals surface area contributed by atoms with Crippen LogP contribution in [0.1, 0.15) is 0 Å². The molecule has 0 radical (unpaired) electrons. The number of anilines is 2. The average Bonchev–Trinajstić information content (AvgIpc) is 2.53. The second-order valence-corrected chi connectivity index (χ2v) is 5.40. The van der Waals surface area contributed by atoms with Gasteiger partial charge in [0.25, 0.3) is 11.2 Å². The van der Waals surface area contributed by atoms with Crippen LogP contribution in [0, 0.1) is 10.1 Å². The number of hydrazine groups is 1. The van der Waals surface area contributed by atoms with E-state index in [1.54, 1.807) is 24.3 Å². The predicted octanol–water partition coefficient (Wildman–Crippen LogP) is 3.00. The van der Waals surface area contributed by atoms with Gasteiger partial charge in [0.15, 0.2) is 0 Å². The number of non-ortho nitro benzene ring substituents is 1. The van der Waals surface area contributed by atoms with Gasteiger partial charge in [-0.3, -0.25) is 25.8 Å². The number of rotatable bonds is 4. The first kappa shape index (κ1) is 14.0. The molecule has 0 aliphatic heterocycles. The SMILES string of the molecule is O=c1nc(NNc2ccc([N+](=O)[O-])cc2)sc2ccccc12. The smallest absolute Gasteiger partial charge is 0.281 e. The first-order valence-electron chi connectivity index (χ1n) is 6.30. The molecule has 2 aromatic carbocycles. The number of hydrogen-bond acceptors (Lipinski definition) is 7. The minimum absolute atomic E-state index is 0.0130. The maximum atomic E-state index is 11.9. The van der Waals surface area contributed by atoms with Crippen LogP contribution in [-0.2, 0) is 0 Å². The zero-order valence-corrected chi connectivity index (χ0v) is 12.0. The monoisotopic (exact) mass is 314 g/mol. The van der Waals surface area contributed by atoms with Crippen molar-refractivity contribution in [1.29, 1.82) is 0 Å². The minimum Gasteiger partial charge on any atom is -0.299 e. The van der Waals surface area contributed by atoms with Crippen molar-refractivity contribution in [2.24, 2.45) is 0 Å². The fourth-order valence-electron chi connectivity index (χ4n) is 1.86. The fourth-order valence-corrected chi connectivity index (χ4v) is 2.71. The van der Waals surface area contributed by atoms with Crippen LogP contribution in [0.4, 0.5) is 16.5 Å². The Morgan fingerprint density at radius 2 is 1.77 bits per heavy atom. The third kappa shape index (κ3) is 2.86. The van der Waals surface area contributed by atoms with Crippen LogP contribution in [0.15, 0.2) is 53.3 Å². The second kappa shape index (κ2) is 5.78. The van der Waals surface area contributed by atoms with E-state index < -0.39 is 4.92 Å². The molecule has 110 valence electrons. The summed E-state index contributed by atoms with van der Waals surface area (Å²) in [5.41, 5.74) is 6.02. The summed E-state index contributed by atoms with van der Waals surface area (Å²) in [6.07, 6.45) is 0. The van der Waals surface area contributed by atoms with Crippen molar-refractivity contribution in [2.75, 3.05) is 10.9 Å². The highest BCUT2D eigenvalue weighted by Gasteiger charge is 2.05. The topological polar surface area (TPSA) is 97.2 Å². The minimum atomic E-state index is -0.464. The summed E-state index contributed by atoms with van der Waals surface area (Å²) >= 11 is 1.34. The first-order chi connectivity index (χ1) is 10.6. The molecule has 0 atom stereocenters. The van der Waals surface area contributed by atoms with Gasteiger partial charge in [0, 0.05) is 16.8 Å². The van der Waals surface area contributed by atoms with E-state index in [0.717, 1.165) is 4.70 Å². The Hall–Kier alpha value is -3.00. The highest BCUT2D eigenvalue weighted by atomic mass is 32.1. The van der Waals surface area contributed by atoms with E-state index in [4.69, 9.17) is 0 Å². The van der Waals surface area contributed by atoms with Gasteiger partial charge >= 0.3 is 0 Å². The lowest BCUT2D eigenvalue weighted by Crippen LogP contribution is -2.14. The molecule has 8 heteroatoms. The lowest BCUT2D eigenvalue weighted by Gasteiger charge is -2.08. The molecule has 1 heterocycles. The molecule has 22 heavy (non-hydrogen) atoms. The molecule has 1 aromatic heterocycles. The van der Waals surface area contributed by atoms with Gasteiger partial charge in [-0.2, -0.15) is 4.98 Å². The summed E-state index contributed by atoms with van der Waals surface area (Å²) < 4.78 is 0.829. The summed E-state index contributed by atoms with van der Waals surface area (Å²) in [5.74, 6) is 0. The van der Waals surface area contributed by atoms with Crippen LogP contribution in [0.25, 0.3) is 10.1 Å². The molecule has 7 nitrogen and oxygen atoms in total. The van der Waals surface area contributed by atoms with Crippen molar-refractivity contribution in [1.82, 2.24) is 4.98 Å². The van der Waals surface area contributed by atoms with E-state index in [9.17, 15) is 14.9 Å². The molecule has 3 rings (SSSR count). The highest BCUT2D eigenvalue weighted by Crippen LogP contribution is 2.21. The van der Waals surface area contributed by atoms with Crippen LogP contribution in [0.5, 0.6) is 0 Å². The van der Waals surface area contributed by atoms with Crippen LogP contribution in [0.2, 0.25) is 0 Å². The highest BCUT2D eigenvalue weighted by molar-refractivity contribution is 7.21. The Morgan fingerprint density at radius 1 is 1.05 bits per heavy atom. The van der Waals surface area contributed by atoms with Gasteiger partial charge in [-0.25, -0.2) is 0 Å². The molecule has 0 aliphatic carbocycles. The third-order valence-electron chi connectivity index (χ3n) is 2.92. The van der Waals surface area contributed by atoms with Crippen molar-refractivity contribution in [3.63, 3.8) is 0 Å². The molecule has 0 unspecified atom stereocenters. The number of nitro benzene ring substituents is 1. The normalized spacial score (nSPS) is 10.4. The Morgan fingerprint density at radius 3 is 2.50 bits per heavy atom. The molecule has 3 aromatic rings. The number of nitro groups is 1. The van der Waals surface area contributed by atoms with Gasteiger partial charge in [0.2, 0.25) is 5.13 Å². The maximum absolute atomic E-state index is 11.9. The lowest BCUT2D eigenvalue weighted by atomic mass is 10.3. The standard InChI is InChI=1S/C14H10N4O3S/c19-13-11-3-1-2-4-12(11)22-14(15-13)17-16-9-5-7-10(8-6-9)18(20)21/h1-8,16H,(H,15,17,19). The van der Waals surface area contributed by atoms with Crippen molar-refractivity contribution < 1.29 is 4.92 Å². The van der Waals surface area contributed by atoms with Gasteiger partial charge in [-0.1, -0.05) is 23.5 Å². The van der Waals surface area contributed by atoms with Crippen LogP contribution >= 0.6 is 11.3 Å². The number of nitrogens with zero attached hydrogens (tertiary/aromatic N) is 2. The molecular weight excluding hydrogens is 304 g/mol. The molecule has 2 N–H and O–H groups in total. The summed E-state index contributed by atoms with van der Waals surface area (Å²) in [6.45, 7) is 0. The summed E-state index contributed by atoms with van der Waals surface area (Å²) in [7, 11) is 0. The average molecular weight is 314 g/mol. The van der Waals surface area contributed by atoms with Crippen molar-refractivity contribution in [2.45, 2.75) is 0 Å². The zero-order chi connectivity index (χ0) is 15.5. The van der Waals surface area contributed by atoms with Gasteiger partial charge in [-0.15, -0.1) is 0 Å². The van der Waals surface area contributed by atoms with E-state index in [2.05, 4.69) is 15.8 Å². The van der Waals surface area contributed by atoms with E-state index in [0.29, 0.717) is 16.2 Å². The van der Waals surface area contributed by atoms with Crippen LogP contribution < -0.4 is 16.4 Å². The molecule has 0 spiro atoms. The quantitative estimate of drug-likeness (QED) is 0.567. The van der Waals surface area contributed by atoms with E-state index in [1.165, 1.54) is 23.5 Å². The van der Waals surface area contributed by atoms with Crippen molar-refractivity contribution in [3.8, 4) is 0 Å². The summed E-state index contributed by atoms with van der Waals surface area (Å²) in [4.78, 5) is 25.9. The lowest BCUT2D eigenvalue weighted by molar-refractivity contribution is -0.384. The largest absolute Gasteiger partial charge is 0.299 e. The Bertz CT molecular complexity index is 892. The van der Waals surface area contributed by atoms with Crippen molar-refractivity contribution >= 4 is 37.9 Å². The molecule has 0 bridgehead atoms. The van der Waals surface area contributed by atoms with E-state index in [1.807, 2.05) is 12.1 Å². The third-order valence-corrected chi connectivity index (χ3v) is 3.88.